The lowest BCUT2D eigenvalue weighted by Crippen LogP contribution is -2.63. The number of hydrogen-bond donors (Lipinski definition) is 1. The average Bonchev–Trinajstić information content (AvgIpc) is 3.42. The van der Waals surface area contributed by atoms with Gasteiger partial charge in [-0.1, -0.05) is 79.9 Å². The van der Waals surface area contributed by atoms with Crippen molar-refractivity contribution < 1.29 is 18.7 Å². The van der Waals surface area contributed by atoms with Crippen LogP contribution in [0.25, 0.3) is 0 Å². The van der Waals surface area contributed by atoms with Crippen molar-refractivity contribution >= 4 is 0 Å². The topological polar surface area (TPSA) is 55.5 Å². The van der Waals surface area contributed by atoms with Crippen molar-refractivity contribution in [3.63, 3.8) is 0 Å². The number of hydrogen-bond acceptors (Lipinski definition) is 4. The zero-order chi connectivity index (χ0) is 24.4. The van der Waals surface area contributed by atoms with E-state index in [0.29, 0.717) is 24.5 Å². The van der Waals surface area contributed by atoms with Crippen molar-refractivity contribution in [2.45, 2.75) is 69.8 Å². The summed E-state index contributed by atoms with van der Waals surface area (Å²) in [5.74, 6) is 2.15. The first-order chi connectivity index (χ1) is 17.6. The Kier molecular flexibility index (Phi) is 6.72. The summed E-state index contributed by atoms with van der Waals surface area (Å²) in [6.07, 6.45) is 10.1. The van der Waals surface area contributed by atoms with Crippen LogP contribution in [0.3, 0.4) is 0 Å². The largest absolute Gasteiger partial charge is 0.436 e. The molecule has 5 nitrogen and oxygen atoms in total. The molecular weight excluding hydrogens is 448 g/mol. The molecule has 2 bridgehead atoms. The second-order valence-corrected chi connectivity index (χ2v) is 11.4. The van der Waals surface area contributed by atoms with Crippen LogP contribution >= 0.6 is 0 Å². The van der Waals surface area contributed by atoms with Gasteiger partial charge in [0, 0.05) is 24.7 Å². The molecule has 3 aromatic rings. The third-order valence-corrected chi connectivity index (χ3v) is 9.13. The van der Waals surface area contributed by atoms with E-state index in [-0.39, 0.29) is 5.92 Å². The highest BCUT2D eigenvalue weighted by molar-refractivity contribution is 5.30. The highest BCUT2D eigenvalue weighted by Crippen LogP contribution is 2.44. The summed E-state index contributed by atoms with van der Waals surface area (Å²) in [6.45, 7) is 4.86. The smallest absolute Gasteiger partial charge is 0.231 e. The molecule has 3 aliphatic heterocycles. The number of piperidine rings is 3. The third-order valence-electron chi connectivity index (χ3n) is 9.13. The predicted octanol–water partition coefficient (Wildman–Crippen LogP) is 5.82. The van der Waals surface area contributed by atoms with Crippen LogP contribution in [0.1, 0.15) is 67.7 Å². The lowest BCUT2D eigenvalue weighted by molar-refractivity contribution is -0.959. The molecule has 4 heterocycles. The second kappa shape index (κ2) is 10.1. The fourth-order valence-corrected chi connectivity index (χ4v) is 7.04. The van der Waals surface area contributed by atoms with E-state index >= 15 is 0 Å². The molecule has 36 heavy (non-hydrogen) atoms. The zero-order valence-corrected chi connectivity index (χ0v) is 21.2. The van der Waals surface area contributed by atoms with Gasteiger partial charge in [-0.3, -0.25) is 0 Å². The minimum absolute atomic E-state index is 0.133. The molecule has 4 aliphatic rings. The van der Waals surface area contributed by atoms with Crippen LogP contribution in [-0.4, -0.2) is 40.3 Å². The molecule has 3 saturated heterocycles. The van der Waals surface area contributed by atoms with Gasteiger partial charge >= 0.3 is 0 Å². The van der Waals surface area contributed by atoms with Crippen LogP contribution in [-0.2, 0) is 23.5 Å². The van der Waals surface area contributed by atoms with Crippen molar-refractivity contribution in [1.29, 1.82) is 0 Å². The summed E-state index contributed by atoms with van der Waals surface area (Å²) < 4.78 is 13.9. The molecule has 2 aromatic carbocycles. The summed E-state index contributed by atoms with van der Waals surface area (Å²) in [5.41, 5.74) is 0.963. The molecule has 0 spiro atoms. The minimum atomic E-state index is -1.17. The number of quaternary nitrogens is 1. The summed E-state index contributed by atoms with van der Waals surface area (Å²) in [4.78, 5) is 4.72. The van der Waals surface area contributed by atoms with Gasteiger partial charge in [0.05, 0.1) is 25.9 Å². The first-order valence-electron chi connectivity index (χ1n) is 13.9. The Labute approximate surface area is 214 Å². The van der Waals surface area contributed by atoms with E-state index in [9.17, 15) is 5.11 Å². The fraction of sp³-hybridized carbons (Fsp3) is 0.516. The van der Waals surface area contributed by atoms with E-state index in [2.05, 4.69) is 30.3 Å². The lowest BCUT2D eigenvalue weighted by atomic mass is 9.73. The average molecular weight is 488 g/mol. The summed E-state index contributed by atoms with van der Waals surface area (Å²) in [7, 11) is 0. The molecule has 1 saturated carbocycles. The van der Waals surface area contributed by atoms with Gasteiger partial charge in [-0.2, -0.15) is 0 Å². The summed E-state index contributed by atoms with van der Waals surface area (Å²) in [5, 5.41) is 12.2. The predicted molar refractivity (Wildman–Crippen MR) is 139 cm³/mol. The van der Waals surface area contributed by atoms with Crippen LogP contribution in [0.2, 0.25) is 0 Å². The van der Waals surface area contributed by atoms with Crippen LogP contribution in [0.5, 0.6) is 0 Å². The van der Waals surface area contributed by atoms with Crippen molar-refractivity contribution in [2.75, 3.05) is 19.6 Å². The number of nitrogens with zero attached hydrogens (tertiary/aromatic N) is 2. The highest BCUT2D eigenvalue weighted by Gasteiger charge is 2.48. The van der Waals surface area contributed by atoms with Crippen LogP contribution in [0, 0.1) is 11.8 Å². The molecule has 2 atom stereocenters. The number of rotatable bonds is 8. The number of aliphatic hydroxyl groups is 1. The maximum atomic E-state index is 12.2. The Balaban J connectivity index is 1.20. The van der Waals surface area contributed by atoms with Gasteiger partial charge in [-0.05, 0) is 24.0 Å². The van der Waals surface area contributed by atoms with Crippen LogP contribution in [0.4, 0.5) is 0 Å². The van der Waals surface area contributed by atoms with Gasteiger partial charge in [0.15, 0.2) is 11.4 Å². The Hall–Kier alpha value is -2.47. The molecule has 1 N–H and O–H groups in total. The highest BCUT2D eigenvalue weighted by atomic mass is 16.5. The molecule has 1 aliphatic carbocycles. The van der Waals surface area contributed by atoms with Gasteiger partial charge in [-0.15, -0.1) is 0 Å². The Morgan fingerprint density at radius 1 is 0.917 bits per heavy atom. The van der Waals surface area contributed by atoms with Crippen molar-refractivity contribution in [1.82, 2.24) is 4.98 Å². The molecule has 0 radical (unpaired) electrons. The van der Waals surface area contributed by atoms with Crippen LogP contribution < -0.4 is 0 Å². The van der Waals surface area contributed by atoms with Crippen molar-refractivity contribution in [2.24, 2.45) is 11.8 Å². The number of aromatic nitrogens is 1. The Morgan fingerprint density at radius 2 is 1.61 bits per heavy atom. The maximum absolute atomic E-state index is 12.2. The van der Waals surface area contributed by atoms with Gasteiger partial charge in [0.1, 0.15) is 19.2 Å². The first kappa shape index (κ1) is 23.9. The van der Waals surface area contributed by atoms with Gasteiger partial charge < -0.3 is 18.7 Å². The van der Waals surface area contributed by atoms with E-state index in [1.807, 2.05) is 36.5 Å². The molecule has 1 aromatic heterocycles. The second-order valence-electron chi connectivity index (χ2n) is 11.4. The molecule has 0 amide bonds. The van der Waals surface area contributed by atoms with Crippen molar-refractivity contribution in [3.05, 3.63) is 89.6 Å². The number of ether oxygens (including phenoxy) is 1. The zero-order valence-electron chi connectivity index (χ0n) is 21.2. The summed E-state index contributed by atoms with van der Waals surface area (Å²) in [6, 6.07) is 20.5. The number of oxazole rings is 1. The molecule has 0 unspecified atom stereocenters. The quantitative estimate of drug-likeness (QED) is 0.407. The van der Waals surface area contributed by atoms with Gasteiger partial charge in [0.2, 0.25) is 5.89 Å². The normalized spacial score (nSPS) is 28.1. The van der Waals surface area contributed by atoms with E-state index in [1.165, 1.54) is 24.8 Å². The number of fused-ring (bicyclic) bond motifs is 3. The van der Waals surface area contributed by atoms with E-state index in [4.69, 9.17) is 14.1 Å². The number of benzene rings is 2. The Bertz CT molecular complexity index is 1120. The van der Waals surface area contributed by atoms with Gasteiger partial charge in [0.25, 0.3) is 0 Å². The van der Waals surface area contributed by atoms with Crippen molar-refractivity contribution in [3.8, 4) is 0 Å². The molecule has 7 rings (SSSR count). The van der Waals surface area contributed by atoms with Gasteiger partial charge in [-0.25, -0.2) is 4.98 Å². The molecule has 5 heteroatoms. The standard InChI is InChI=1S/C31H39N2O3/c34-31(26-12-6-2-7-13-26,27-14-8-3-9-15-27)30-32-20-28(36-30)21-33-18-16-25(17-19-33)29(22-33)35-23-24-10-4-1-5-11-24/h1-2,4-7,10-13,20,25,27,29,34H,3,8-9,14-19,21-23H2/q+1/t25?,29-,31-,33?/m0/s1. The van der Waals surface area contributed by atoms with E-state index in [1.54, 1.807) is 0 Å². The fourth-order valence-electron chi connectivity index (χ4n) is 7.04. The summed E-state index contributed by atoms with van der Waals surface area (Å²) >= 11 is 0. The monoisotopic (exact) mass is 487 g/mol. The lowest BCUT2D eigenvalue weighted by Gasteiger charge is -2.52. The minimum Gasteiger partial charge on any atom is -0.436 e. The SMILES string of the molecule is O[C@](c1ccccc1)(c1ncc(C[N+]23CCC(CC2)[C@@H](OCc2ccccc2)C3)o1)C1CCCCC1. The first-order valence-corrected chi connectivity index (χ1v) is 13.9. The van der Waals surface area contributed by atoms with E-state index < -0.39 is 5.60 Å². The molecule has 4 fully saturated rings. The molecule has 190 valence electrons. The maximum Gasteiger partial charge on any atom is 0.231 e. The van der Waals surface area contributed by atoms with Crippen LogP contribution in [0.15, 0.2) is 71.3 Å². The molecular formula is C31H39N2O3+. The Morgan fingerprint density at radius 3 is 2.33 bits per heavy atom. The third kappa shape index (κ3) is 4.65. The van der Waals surface area contributed by atoms with E-state index in [0.717, 1.165) is 67.7 Å².